The first-order chi connectivity index (χ1) is 13.1. The quantitative estimate of drug-likeness (QED) is 0.809. The van der Waals surface area contributed by atoms with E-state index < -0.39 is 0 Å². The molecule has 27 heavy (non-hydrogen) atoms. The number of nitrogens with zero attached hydrogens (tertiary/aromatic N) is 2. The molecule has 1 unspecified atom stereocenters. The molecule has 1 aliphatic heterocycles. The molecule has 1 fully saturated rings. The lowest BCUT2D eigenvalue weighted by atomic mass is 10.0. The van der Waals surface area contributed by atoms with Crippen LogP contribution in [0.4, 0.5) is 16.2 Å². The number of rotatable bonds is 6. The zero-order valence-corrected chi connectivity index (χ0v) is 16.3. The van der Waals surface area contributed by atoms with Crippen molar-refractivity contribution in [2.75, 3.05) is 43.9 Å². The topological polar surface area (TPSA) is 47.6 Å². The summed E-state index contributed by atoms with van der Waals surface area (Å²) in [4.78, 5) is 16.9. The standard InChI is InChI=1S/C22H30N4O/c1-25(2)20-13-11-18(12-14-20)21(26-15-7-4-8-16-26)17-23-22(27)24-19-9-5-3-6-10-19/h3,5-6,9-14,21H,4,7-8,15-17H2,1-2H3,(H2,23,24,27). The lowest BCUT2D eigenvalue weighted by Crippen LogP contribution is -2.41. The van der Waals surface area contributed by atoms with Crippen molar-refractivity contribution in [3.8, 4) is 0 Å². The van der Waals surface area contributed by atoms with Gasteiger partial charge in [0.2, 0.25) is 0 Å². The van der Waals surface area contributed by atoms with Gasteiger partial charge in [0.1, 0.15) is 0 Å². The van der Waals surface area contributed by atoms with Crippen molar-refractivity contribution in [3.63, 3.8) is 0 Å². The fourth-order valence-corrected chi connectivity index (χ4v) is 3.57. The molecule has 0 saturated carbocycles. The Morgan fingerprint density at radius 2 is 1.67 bits per heavy atom. The number of anilines is 2. The van der Waals surface area contributed by atoms with Gasteiger partial charge in [-0.25, -0.2) is 4.79 Å². The number of nitrogens with one attached hydrogen (secondary N) is 2. The largest absolute Gasteiger partial charge is 0.378 e. The van der Waals surface area contributed by atoms with Crippen LogP contribution in [0.2, 0.25) is 0 Å². The number of hydrogen-bond donors (Lipinski definition) is 2. The minimum absolute atomic E-state index is 0.159. The Hall–Kier alpha value is -2.53. The van der Waals surface area contributed by atoms with Crippen LogP contribution in [0.5, 0.6) is 0 Å². The van der Waals surface area contributed by atoms with Gasteiger partial charge in [-0.3, -0.25) is 4.90 Å². The molecule has 0 aromatic heterocycles. The van der Waals surface area contributed by atoms with Crippen LogP contribution in [0.15, 0.2) is 54.6 Å². The third-order valence-electron chi connectivity index (χ3n) is 5.11. The first-order valence-corrected chi connectivity index (χ1v) is 9.75. The van der Waals surface area contributed by atoms with Gasteiger partial charge in [0.25, 0.3) is 0 Å². The Labute approximate surface area is 162 Å². The molecular weight excluding hydrogens is 336 g/mol. The van der Waals surface area contributed by atoms with Gasteiger partial charge in [-0.2, -0.15) is 0 Å². The second-order valence-electron chi connectivity index (χ2n) is 7.30. The van der Waals surface area contributed by atoms with Crippen LogP contribution in [-0.4, -0.2) is 44.7 Å². The van der Waals surface area contributed by atoms with E-state index in [4.69, 9.17) is 0 Å². The lowest BCUT2D eigenvalue weighted by molar-refractivity contribution is 0.161. The second-order valence-corrected chi connectivity index (χ2v) is 7.30. The van der Waals surface area contributed by atoms with Crippen LogP contribution in [0, 0.1) is 0 Å². The molecular formula is C22H30N4O. The highest BCUT2D eigenvalue weighted by Crippen LogP contribution is 2.26. The Morgan fingerprint density at radius 1 is 1.00 bits per heavy atom. The predicted octanol–water partition coefficient (Wildman–Crippen LogP) is 4.10. The van der Waals surface area contributed by atoms with Crippen molar-refractivity contribution < 1.29 is 4.79 Å². The van der Waals surface area contributed by atoms with Crippen LogP contribution in [0.3, 0.4) is 0 Å². The van der Waals surface area contributed by atoms with Crippen molar-refractivity contribution in [2.24, 2.45) is 0 Å². The van der Waals surface area contributed by atoms with Crippen LogP contribution in [0.25, 0.3) is 0 Å². The molecule has 1 aliphatic rings. The number of likely N-dealkylation sites (tertiary alicyclic amines) is 1. The summed E-state index contributed by atoms with van der Waals surface area (Å²) < 4.78 is 0. The van der Waals surface area contributed by atoms with Crippen molar-refractivity contribution in [1.82, 2.24) is 10.2 Å². The van der Waals surface area contributed by atoms with Gasteiger partial charge < -0.3 is 15.5 Å². The van der Waals surface area contributed by atoms with E-state index in [1.165, 1.54) is 30.5 Å². The molecule has 2 aromatic rings. The molecule has 1 saturated heterocycles. The van der Waals surface area contributed by atoms with Gasteiger partial charge in [0, 0.05) is 32.0 Å². The number of piperidine rings is 1. The van der Waals surface area contributed by atoms with Crippen LogP contribution in [0.1, 0.15) is 30.9 Å². The van der Waals surface area contributed by atoms with E-state index in [9.17, 15) is 4.79 Å². The zero-order chi connectivity index (χ0) is 19.1. The number of para-hydroxylation sites is 1. The van der Waals surface area contributed by atoms with Crippen LogP contribution >= 0.6 is 0 Å². The van der Waals surface area contributed by atoms with Gasteiger partial charge >= 0.3 is 6.03 Å². The maximum atomic E-state index is 12.3. The molecule has 5 heteroatoms. The number of benzene rings is 2. The average molecular weight is 367 g/mol. The zero-order valence-electron chi connectivity index (χ0n) is 16.3. The molecule has 3 rings (SSSR count). The number of amides is 2. The fourth-order valence-electron chi connectivity index (χ4n) is 3.57. The average Bonchev–Trinajstić information content (AvgIpc) is 2.70. The monoisotopic (exact) mass is 366 g/mol. The molecule has 0 spiro atoms. The molecule has 2 aromatic carbocycles. The predicted molar refractivity (Wildman–Crippen MR) is 112 cm³/mol. The van der Waals surface area contributed by atoms with E-state index in [2.05, 4.69) is 44.7 Å². The van der Waals surface area contributed by atoms with E-state index in [1.807, 2.05) is 44.4 Å². The van der Waals surface area contributed by atoms with E-state index in [-0.39, 0.29) is 12.1 Å². The summed E-state index contributed by atoms with van der Waals surface area (Å²) in [6, 6.07) is 18.3. The molecule has 0 aliphatic carbocycles. The summed E-state index contributed by atoms with van der Waals surface area (Å²) in [5.74, 6) is 0. The van der Waals surface area contributed by atoms with Gasteiger partial charge in [-0.05, 0) is 55.8 Å². The van der Waals surface area contributed by atoms with E-state index >= 15 is 0 Å². The van der Waals surface area contributed by atoms with E-state index in [0.29, 0.717) is 6.54 Å². The highest BCUT2D eigenvalue weighted by Gasteiger charge is 2.23. The fraction of sp³-hybridized carbons (Fsp3) is 0.409. The summed E-state index contributed by atoms with van der Waals surface area (Å²) >= 11 is 0. The third-order valence-corrected chi connectivity index (χ3v) is 5.11. The summed E-state index contributed by atoms with van der Waals surface area (Å²) in [6.45, 7) is 2.77. The van der Waals surface area contributed by atoms with Gasteiger partial charge in [-0.1, -0.05) is 36.8 Å². The molecule has 1 heterocycles. The Kier molecular flexibility index (Phi) is 6.71. The second kappa shape index (κ2) is 9.42. The molecule has 0 radical (unpaired) electrons. The first kappa shape index (κ1) is 19.2. The van der Waals surface area contributed by atoms with E-state index in [0.717, 1.165) is 18.8 Å². The number of hydrogen-bond acceptors (Lipinski definition) is 3. The van der Waals surface area contributed by atoms with Crippen molar-refractivity contribution in [1.29, 1.82) is 0 Å². The highest BCUT2D eigenvalue weighted by molar-refractivity contribution is 5.89. The summed E-state index contributed by atoms with van der Waals surface area (Å²) in [5.41, 5.74) is 3.24. The van der Waals surface area contributed by atoms with Crippen LogP contribution < -0.4 is 15.5 Å². The maximum Gasteiger partial charge on any atom is 0.319 e. The number of carbonyl (C=O) groups is 1. The Morgan fingerprint density at radius 3 is 2.30 bits per heavy atom. The molecule has 2 N–H and O–H groups in total. The Balaban J connectivity index is 1.67. The number of urea groups is 1. The van der Waals surface area contributed by atoms with Gasteiger partial charge in [0.05, 0.1) is 6.04 Å². The van der Waals surface area contributed by atoms with Crippen LogP contribution in [-0.2, 0) is 0 Å². The minimum Gasteiger partial charge on any atom is -0.378 e. The van der Waals surface area contributed by atoms with Gasteiger partial charge in [0.15, 0.2) is 0 Å². The minimum atomic E-state index is -0.159. The first-order valence-electron chi connectivity index (χ1n) is 9.75. The maximum absolute atomic E-state index is 12.3. The molecule has 0 bridgehead atoms. The molecule has 5 nitrogen and oxygen atoms in total. The lowest BCUT2D eigenvalue weighted by Gasteiger charge is -2.35. The SMILES string of the molecule is CN(C)c1ccc(C(CNC(=O)Nc2ccccc2)N2CCCCC2)cc1. The molecule has 2 amide bonds. The normalized spacial score (nSPS) is 15.8. The van der Waals surface area contributed by atoms with Crippen molar-refractivity contribution in [2.45, 2.75) is 25.3 Å². The smallest absolute Gasteiger partial charge is 0.319 e. The summed E-state index contributed by atoms with van der Waals surface area (Å²) in [6.07, 6.45) is 3.75. The molecule has 144 valence electrons. The third kappa shape index (κ3) is 5.47. The molecule has 1 atom stereocenters. The summed E-state index contributed by atoms with van der Waals surface area (Å²) in [7, 11) is 4.10. The van der Waals surface area contributed by atoms with Crippen molar-refractivity contribution in [3.05, 3.63) is 60.2 Å². The highest BCUT2D eigenvalue weighted by atomic mass is 16.2. The van der Waals surface area contributed by atoms with E-state index in [1.54, 1.807) is 0 Å². The van der Waals surface area contributed by atoms with Gasteiger partial charge in [-0.15, -0.1) is 0 Å². The summed E-state index contributed by atoms with van der Waals surface area (Å²) in [5, 5.41) is 5.96. The van der Waals surface area contributed by atoms with Crippen molar-refractivity contribution >= 4 is 17.4 Å². The number of carbonyl (C=O) groups excluding carboxylic acids is 1. The Bertz CT molecular complexity index is 709.